The molecule has 1 rings (SSSR count). The smallest absolute Gasteiger partial charge is 0.227 e. The molecule has 0 bridgehead atoms. The molecule has 1 aromatic rings. The molecular weight excluding hydrogens is 202 g/mol. The van der Waals surface area contributed by atoms with E-state index < -0.39 is 0 Å². The van der Waals surface area contributed by atoms with Crippen LogP contribution in [0.5, 0.6) is 0 Å². The van der Waals surface area contributed by atoms with Crippen molar-refractivity contribution in [2.24, 2.45) is 5.92 Å². The first-order valence-electron chi connectivity index (χ1n) is 5.53. The molecule has 0 saturated carbocycles. The zero-order valence-electron chi connectivity index (χ0n) is 9.69. The number of hydrogen-bond donors (Lipinski definition) is 1. The molecule has 0 aliphatic rings. The maximum absolute atomic E-state index is 11.7. The first-order valence-corrected chi connectivity index (χ1v) is 5.53. The van der Waals surface area contributed by atoms with Gasteiger partial charge in [0.1, 0.15) is 6.29 Å². The second kappa shape index (κ2) is 6.05. The molecule has 0 radical (unpaired) electrons. The third kappa shape index (κ3) is 3.50. The average Bonchev–Trinajstić information content (AvgIpc) is 2.29. The Hall–Kier alpha value is -1.64. The molecule has 0 aliphatic carbocycles. The van der Waals surface area contributed by atoms with Crippen molar-refractivity contribution >= 4 is 17.9 Å². The van der Waals surface area contributed by atoms with Crippen molar-refractivity contribution in [3.05, 3.63) is 29.8 Å². The van der Waals surface area contributed by atoms with Gasteiger partial charge in [0.15, 0.2) is 0 Å². The summed E-state index contributed by atoms with van der Waals surface area (Å²) >= 11 is 0. The van der Waals surface area contributed by atoms with Crippen LogP contribution in [0.15, 0.2) is 24.3 Å². The molecular formula is C13H17NO2. The normalized spacial score (nSPS) is 11.9. The van der Waals surface area contributed by atoms with Crippen LogP contribution in [0, 0.1) is 5.92 Å². The van der Waals surface area contributed by atoms with Gasteiger partial charge in [-0.05, 0) is 18.6 Å². The molecule has 1 atom stereocenters. The Balaban J connectivity index is 2.65. The zero-order valence-corrected chi connectivity index (χ0v) is 9.69. The van der Waals surface area contributed by atoms with Crippen LogP contribution in [0.4, 0.5) is 5.69 Å². The number of benzene rings is 1. The Morgan fingerprint density at radius 1 is 1.50 bits per heavy atom. The lowest BCUT2D eigenvalue weighted by molar-refractivity contribution is -0.119. The molecule has 1 N–H and O–H groups in total. The molecule has 0 fully saturated rings. The monoisotopic (exact) mass is 219 g/mol. The maximum Gasteiger partial charge on any atom is 0.227 e. The fraction of sp³-hybridized carbons (Fsp3) is 0.385. The Morgan fingerprint density at radius 2 is 2.25 bits per heavy atom. The van der Waals surface area contributed by atoms with E-state index in [-0.39, 0.29) is 11.8 Å². The molecule has 0 aliphatic heterocycles. The summed E-state index contributed by atoms with van der Waals surface area (Å²) in [5.41, 5.74) is 1.25. The number of aldehydes is 1. The van der Waals surface area contributed by atoms with Crippen molar-refractivity contribution < 1.29 is 9.59 Å². The van der Waals surface area contributed by atoms with Gasteiger partial charge in [0.2, 0.25) is 5.91 Å². The number of anilines is 1. The molecule has 0 spiro atoms. The third-order valence-corrected chi connectivity index (χ3v) is 2.46. The molecule has 0 heterocycles. The van der Waals surface area contributed by atoms with E-state index in [1.165, 1.54) is 0 Å². The zero-order chi connectivity index (χ0) is 12.0. The minimum absolute atomic E-state index is 0.00453. The highest BCUT2D eigenvalue weighted by molar-refractivity contribution is 5.93. The molecule has 0 aromatic heterocycles. The van der Waals surface area contributed by atoms with Crippen LogP contribution in [0.1, 0.15) is 37.0 Å². The van der Waals surface area contributed by atoms with E-state index in [1.54, 1.807) is 24.3 Å². The van der Waals surface area contributed by atoms with E-state index in [0.717, 1.165) is 19.1 Å². The average molecular weight is 219 g/mol. The van der Waals surface area contributed by atoms with Crippen molar-refractivity contribution in [1.29, 1.82) is 0 Å². The maximum atomic E-state index is 11.7. The lowest BCUT2D eigenvalue weighted by Crippen LogP contribution is -2.20. The van der Waals surface area contributed by atoms with E-state index >= 15 is 0 Å². The molecule has 1 amide bonds. The molecule has 3 heteroatoms. The van der Waals surface area contributed by atoms with Crippen molar-refractivity contribution in [3.8, 4) is 0 Å². The summed E-state index contributed by atoms with van der Waals surface area (Å²) in [4.78, 5) is 22.3. The fourth-order valence-electron chi connectivity index (χ4n) is 1.52. The summed E-state index contributed by atoms with van der Waals surface area (Å²) in [5, 5.41) is 2.80. The van der Waals surface area contributed by atoms with Gasteiger partial charge in [-0.3, -0.25) is 9.59 Å². The van der Waals surface area contributed by atoms with Gasteiger partial charge in [-0.2, -0.15) is 0 Å². The summed E-state index contributed by atoms with van der Waals surface area (Å²) in [6.45, 7) is 3.96. The van der Waals surface area contributed by atoms with Crippen LogP contribution < -0.4 is 5.32 Å². The molecule has 3 nitrogen and oxygen atoms in total. The molecule has 1 unspecified atom stereocenters. The van der Waals surface area contributed by atoms with E-state index in [0.29, 0.717) is 11.3 Å². The summed E-state index contributed by atoms with van der Waals surface area (Å²) < 4.78 is 0. The minimum atomic E-state index is 0.00453. The number of nitrogens with one attached hydrogen (secondary N) is 1. The molecule has 86 valence electrons. The Morgan fingerprint density at radius 3 is 2.88 bits per heavy atom. The Bertz CT molecular complexity index is 374. The van der Waals surface area contributed by atoms with Crippen LogP contribution in [-0.2, 0) is 4.79 Å². The second-order valence-electron chi connectivity index (χ2n) is 3.92. The highest BCUT2D eigenvalue weighted by Crippen LogP contribution is 2.12. The van der Waals surface area contributed by atoms with Gasteiger partial charge in [-0.1, -0.05) is 32.4 Å². The molecule has 16 heavy (non-hydrogen) atoms. The first kappa shape index (κ1) is 12.4. The van der Waals surface area contributed by atoms with Crippen LogP contribution in [-0.4, -0.2) is 12.2 Å². The van der Waals surface area contributed by atoms with Gasteiger partial charge in [0.25, 0.3) is 0 Å². The highest BCUT2D eigenvalue weighted by Gasteiger charge is 2.11. The Labute approximate surface area is 95.9 Å². The predicted octanol–water partition coefficient (Wildman–Crippen LogP) is 2.87. The van der Waals surface area contributed by atoms with Crippen molar-refractivity contribution in [2.75, 3.05) is 5.32 Å². The number of rotatable bonds is 5. The Kier molecular flexibility index (Phi) is 4.70. The van der Waals surface area contributed by atoms with Gasteiger partial charge >= 0.3 is 0 Å². The van der Waals surface area contributed by atoms with Crippen LogP contribution >= 0.6 is 0 Å². The minimum Gasteiger partial charge on any atom is -0.326 e. The van der Waals surface area contributed by atoms with E-state index in [9.17, 15) is 9.59 Å². The second-order valence-corrected chi connectivity index (χ2v) is 3.92. The number of carbonyl (C=O) groups excluding carboxylic acids is 2. The van der Waals surface area contributed by atoms with Gasteiger partial charge in [0.05, 0.1) is 0 Å². The molecule has 0 saturated heterocycles. The van der Waals surface area contributed by atoms with E-state index in [2.05, 4.69) is 12.2 Å². The van der Waals surface area contributed by atoms with E-state index in [4.69, 9.17) is 0 Å². The standard InChI is InChI=1S/C13H17NO2/c1-3-5-10(2)13(16)14-12-7-4-6-11(8-12)9-15/h4,6-10H,3,5H2,1-2H3,(H,14,16). The van der Waals surface area contributed by atoms with Crippen LogP contribution in [0.25, 0.3) is 0 Å². The van der Waals surface area contributed by atoms with Gasteiger partial charge < -0.3 is 5.32 Å². The first-order chi connectivity index (χ1) is 7.67. The largest absolute Gasteiger partial charge is 0.326 e. The summed E-state index contributed by atoms with van der Waals surface area (Å²) in [5.74, 6) is 0.00906. The van der Waals surface area contributed by atoms with Crippen molar-refractivity contribution in [1.82, 2.24) is 0 Å². The predicted molar refractivity (Wildman–Crippen MR) is 64.5 cm³/mol. The lowest BCUT2D eigenvalue weighted by Gasteiger charge is -2.11. The van der Waals surface area contributed by atoms with E-state index in [1.807, 2.05) is 6.92 Å². The summed E-state index contributed by atoms with van der Waals surface area (Å²) in [6, 6.07) is 6.91. The number of amides is 1. The topological polar surface area (TPSA) is 46.2 Å². The fourth-order valence-corrected chi connectivity index (χ4v) is 1.52. The number of hydrogen-bond acceptors (Lipinski definition) is 2. The van der Waals surface area contributed by atoms with Crippen molar-refractivity contribution in [2.45, 2.75) is 26.7 Å². The highest BCUT2D eigenvalue weighted by atomic mass is 16.1. The summed E-state index contributed by atoms with van der Waals surface area (Å²) in [7, 11) is 0. The summed E-state index contributed by atoms with van der Waals surface area (Å²) in [6.07, 6.45) is 2.63. The SMILES string of the molecule is CCCC(C)C(=O)Nc1cccc(C=O)c1. The van der Waals surface area contributed by atoms with Crippen LogP contribution in [0.3, 0.4) is 0 Å². The third-order valence-electron chi connectivity index (χ3n) is 2.46. The number of carbonyl (C=O) groups is 2. The van der Waals surface area contributed by atoms with Crippen LogP contribution in [0.2, 0.25) is 0 Å². The molecule has 1 aromatic carbocycles. The van der Waals surface area contributed by atoms with Crippen molar-refractivity contribution in [3.63, 3.8) is 0 Å². The quantitative estimate of drug-likeness (QED) is 0.774. The lowest BCUT2D eigenvalue weighted by atomic mass is 10.1. The van der Waals surface area contributed by atoms with Gasteiger partial charge in [-0.25, -0.2) is 0 Å². The van der Waals surface area contributed by atoms with Gasteiger partial charge in [-0.15, -0.1) is 0 Å². The van der Waals surface area contributed by atoms with Gasteiger partial charge in [0, 0.05) is 17.2 Å².